The van der Waals surface area contributed by atoms with Crippen molar-refractivity contribution in [2.24, 2.45) is 0 Å². The van der Waals surface area contributed by atoms with Gasteiger partial charge < -0.3 is 20.0 Å². The minimum atomic E-state index is -1.49. The summed E-state index contributed by atoms with van der Waals surface area (Å²) in [7, 11) is 0.114. The van der Waals surface area contributed by atoms with Crippen molar-refractivity contribution in [2.75, 3.05) is 25.0 Å². The fourth-order valence-electron chi connectivity index (χ4n) is 4.72. The van der Waals surface area contributed by atoms with Crippen LogP contribution in [0.15, 0.2) is 96.5 Å². The molecule has 10 heteroatoms. The van der Waals surface area contributed by atoms with Gasteiger partial charge in [0.05, 0.1) is 19.1 Å². The molecule has 1 atom stereocenters. The molecule has 0 fully saturated rings. The summed E-state index contributed by atoms with van der Waals surface area (Å²) in [5.41, 5.74) is 6.86. The third kappa shape index (κ3) is 4.97. The highest BCUT2D eigenvalue weighted by Gasteiger charge is 2.18. The highest BCUT2D eigenvalue weighted by atomic mass is 32.2. The fraction of sp³-hybridized carbons (Fsp3) is 0.100. The number of rotatable bonds is 9. The van der Waals surface area contributed by atoms with Gasteiger partial charge in [-0.05, 0) is 41.5 Å². The summed E-state index contributed by atoms with van der Waals surface area (Å²) in [5.74, 6) is -0.148. The Kier molecular flexibility index (Phi) is 7.09. The van der Waals surface area contributed by atoms with Gasteiger partial charge in [-0.15, -0.1) is 0 Å². The van der Waals surface area contributed by atoms with Crippen molar-refractivity contribution in [3.63, 3.8) is 0 Å². The smallest absolute Gasteiger partial charge is 0.251 e. The zero-order valence-electron chi connectivity index (χ0n) is 21.6. The maximum Gasteiger partial charge on any atom is 0.251 e. The first kappa shape index (κ1) is 25.5. The zero-order valence-corrected chi connectivity index (χ0v) is 22.4. The van der Waals surface area contributed by atoms with E-state index < -0.39 is 11.0 Å². The van der Waals surface area contributed by atoms with Crippen molar-refractivity contribution in [2.45, 2.75) is 5.03 Å². The predicted molar refractivity (Wildman–Crippen MR) is 157 cm³/mol. The van der Waals surface area contributed by atoms with E-state index in [0.29, 0.717) is 29.4 Å². The van der Waals surface area contributed by atoms with Crippen LogP contribution in [-0.4, -0.2) is 50.3 Å². The number of pyridine rings is 1. The summed E-state index contributed by atoms with van der Waals surface area (Å²) in [4.78, 5) is 27.5. The first-order valence-electron chi connectivity index (χ1n) is 12.7. The summed E-state index contributed by atoms with van der Waals surface area (Å²) < 4.78 is 20.8. The molecule has 6 aromatic rings. The van der Waals surface area contributed by atoms with Crippen LogP contribution < -0.4 is 10.0 Å². The molecule has 3 aromatic carbocycles. The molecule has 0 aliphatic heterocycles. The Morgan fingerprint density at radius 2 is 1.82 bits per heavy atom. The molecule has 200 valence electrons. The van der Waals surface area contributed by atoms with Crippen LogP contribution in [0.4, 0.5) is 5.69 Å². The molecule has 0 aliphatic carbocycles. The van der Waals surface area contributed by atoms with Crippen molar-refractivity contribution in [3.05, 3.63) is 97.1 Å². The Bertz CT molecular complexity index is 1820. The Hall–Kier alpha value is -4.80. The molecule has 3 heterocycles. The molecule has 0 bridgehead atoms. The van der Waals surface area contributed by atoms with Crippen molar-refractivity contribution >= 4 is 44.5 Å². The van der Waals surface area contributed by atoms with Crippen LogP contribution in [0.1, 0.15) is 10.4 Å². The number of methoxy groups -OCH3 is 1. The Labute approximate surface area is 232 Å². The summed E-state index contributed by atoms with van der Waals surface area (Å²) in [6.45, 7) is 0.902. The number of amides is 1. The van der Waals surface area contributed by atoms with Crippen molar-refractivity contribution < 1.29 is 13.7 Å². The minimum absolute atomic E-state index is 0.148. The molecule has 4 N–H and O–H groups in total. The summed E-state index contributed by atoms with van der Waals surface area (Å²) in [5, 5.41) is 5.24. The number of nitrogens with zero attached hydrogens (tertiary/aromatic N) is 2. The number of hydrogen-bond donors (Lipinski definition) is 4. The average molecular weight is 551 g/mol. The number of fused-ring (bicyclic) bond motifs is 3. The molecule has 0 aliphatic rings. The van der Waals surface area contributed by atoms with Crippen LogP contribution in [0.2, 0.25) is 0 Å². The van der Waals surface area contributed by atoms with Gasteiger partial charge in [-0.3, -0.25) is 9.52 Å². The molecule has 1 amide bonds. The summed E-state index contributed by atoms with van der Waals surface area (Å²) >= 11 is 0. The van der Waals surface area contributed by atoms with Crippen LogP contribution in [0.5, 0.6) is 0 Å². The standard InChI is InChI=1S/C30H26N6O3S/c1-39-14-13-32-30(37)21-9-7-19(8-10-21)24-16-33-29-28(27(24)20-5-3-2-4-6-20)23-15-22(11-12-25(23)35-29)36-40(38)26-17-31-18-34-26/h2-12,15-18,36H,13-14H2,1H3,(H,31,34)(H,32,37)(H,33,35). The molecule has 40 heavy (non-hydrogen) atoms. The highest BCUT2D eigenvalue weighted by molar-refractivity contribution is 7.86. The summed E-state index contributed by atoms with van der Waals surface area (Å²) in [6, 6.07) is 23.5. The van der Waals surface area contributed by atoms with E-state index in [4.69, 9.17) is 9.72 Å². The van der Waals surface area contributed by atoms with E-state index in [9.17, 15) is 9.00 Å². The number of aromatic nitrogens is 4. The quantitative estimate of drug-likeness (QED) is 0.182. The molecule has 0 saturated heterocycles. The fourth-order valence-corrected chi connectivity index (χ4v) is 5.49. The van der Waals surface area contributed by atoms with E-state index in [0.717, 1.165) is 44.2 Å². The minimum Gasteiger partial charge on any atom is -0.383 e. The normalized spacial score (nSPS) is 12.0. The summed E-state index contributed by atoms with van der Waals surface area (Å²) in [6.07, 6.45) is 4.89. The number of anilines is 1. The SMILES string of the molecule is COCCNC(=O)c1ccc(-c2cnc3[nH]c4ccc(NS(=O)c5cnc[nH]5)cc4c3c2-c2ccccc2)cc1. The van der Waals surface area contributed by atoms with Crippen molar-refractivity contribution in [1.29, 1.82) is 0 Å². The molecule has 3 aromatic heterocycles. The van der Waals surface area contributed by atoms with E-state index in [2.05, 4.69) is 37.1 Å². The molecule has 0 saturated carbocycles. The van der Waals surface area contributed by atoms with Crippen LogP contribution in [0, 0.1) is 0 Å². The van der Waals surface area contributed by atoms with E-state index in [1.807, 2.05) is 66.9 Å². The van der Waals surface area contributed by atoms with Crippen LogP contribution in [-0.2, 0) is 15.7 Å². The number of hydrogen-bond acceptors (Lipinski definition) is 5. The second kappa shape index (κ2) is 11.1. The number of ether oxygens (including phenoxy) is 1. The molecule has 6 rings (SSSR count). The van der Waals surface area contributed by atoms with Crippen molar-refractivity contribution in [3.8, 4) is 22.3 Å². The van der Waals surface area contributed by atoms with E-state index in [1.165, 1.54) is 12.5 Å². The lowest BCUT2D eigenvalue weighted by molar-refractivity contribution is 0.0937. The predicted octanol–water partition coefficient (Wildman–Crippen LogP) is 5.28. The zero-order chi connectivity index (χ0) is 27.5. The maximum absolute atomic E-state index is 12.8. The Morgan fingerprint density at radius 3 is 2.58 bits per heavy atom. The molecule has 1 unspecified atom stereocenters. The topological polar surface area (TPSA) is 125 Å². The lowest BCUT2D eigenvalue weighted by Crippen LogP contribution is -2.26. The second-order valence-corrected chi connectivity index (χ2v) is 10.3. The number of H-pyrrole nitrogens is 2. The maximum atomic E-state index is 12.8. The van der Waals surface area contributed by atoms with Gasteiger partial charge in [0.15, 0.2) is 11.0 Å². The molecule has 0 spiro atoms. The monoisotopic (exact) mass is 550 g/mol. The van der Waals surface area contributed by atoms with Crippen molar-refractivity contribution in [1.82, 2.24) is 25.3 Å². The van der Waals surface area contributed by atoms with Gasteiger partial charge in [0.2, 0.25) is 0 Å². The molecule has 9 nitrogen and oxygen atoms in total. The van der Waals surface area contributed by atoms with Crippen LogP contribution >= 0.6 is 0 Å². The van der Waals surface area contributed by atoms with Gasteiger partial charge in [0, 0.05) is 58.5 Å². The number of benzene rings is 3. The van der Waals surface area contributed by atoms with Gasteiger partial charge >= 0.3 is 0 Å². The largest absolute Gasteiger partial charge is 0.383 e. The number of carbonyl (C=O) groups is 1. The number of aromatic amines is 2. The van der Waals surface area contributed by atoms with Crippen LogP contribution in [0.25, 0.3) is 44.2 Å². The average Bonchev–Trinajstić information content (AvgIpc) is 3.66. The van der Waals surface area contributed by atoms with E-state index in [-0.39, 0.29) is 5.91 Å². The third-order valence-electron chi connectivity index (χ3n) is 6.62. The Morgan fingerprint density at radius 1 is 1.00 bits per heavy atom. The van der Waals surface area contributed by atoms with E-state index >= 15 is 0 Å². The lowest BCUT2D eigenvalue weighted by atomic mass is 9.92. The van der Waals surface area contributed by atoms with Crippen LogP contribution in [0.3, 0.4) is 0 Å². The number of imidazole rings is 1. The molecular weight excluding hydrogens is 524 g/mol. The second-order valence-electron chi connectivity index (χ2n) is 9.13. The van der Waals surface area contributed by atoms with Gasteiger partial charge in [0.1, 0.15) is 10.7 Å². The van der Waals surface area contributed by atoms with E-state index in [1.54, 1.807) is 7.11 Å². The number of nitrogens with one attached hydrogen (secondary N) is 4. The first-order valence-corrected chi connectivity index (χ1v) is 13.8. The van der Waals surface area contributed by atoms with Gasteiger partial charge in [-0.1, -0.05) is 42.5 Å². The molecular formula is C30H26N6O3S. The van der Waals surface area contributed by atoms with Gasteiger partial charge in [-0.25, -0.2) is 14.2 Å². The third-order valence-corrected chi connectivity index (χ3v) is 7.66. The first-order chi connectivity index (χ1) is 19.6. The Balaban J connectivity index is 1.46. The number of carbonyl (C=O) groups excluding carboxylic acids is 1. The lowest BCUT2D eigenvalue weighted by Gasteiger charge is -2.13. The highest BCUT2D eigenvalue weighted by Crippen LogP contribution is 2.41. The van der Waals surface area contributed by atoms with Gasteiger partial charge in [0.25, 0.3) is 5.91 Å². The molecule has 0 radical (unpaired) electrons. The van der Waals surface area contributed by atoms with Gasteiger partial charge in [-0.2, -0.15) is 0 Å².